The van der Waals surface area contributed by atoms with Crippen LogP contribution in [0.5, 0.6) is 0 Å². The molecule has 0 saturated carbocycles. The Labute approximate surface area is 197 Å². The first-order valence-corrected chi connectivity index (χ1v) is 10.7. The van der Waals surface area contributed by atoms with E-state index in [2.05, 4.69) is 0 Å². The molecule has 0 heterocycles. The highest BCUT2D eigenvalue weighted by molar-refractivity contribution is 5.91. The van der Waals surface area contributed by atoms with Crippen molar-refractivity contribution in [2.45, 2.75) is 0 Å². The summed E-state index contributed by atoms with van der Waals surface area (Å²) in [4.78, 5) is 22.2. The van der Waals surface area contributed by atoms with Gasteiger partial charge in [-0.05, 0) is 68.8 Å². The first kappa shape index (κ1) is 22.5. The molecule has 0 fully saturated rings. The average molecular weight is 447 g/mol. The number of benzene rings is 4. The summed E-state index contributed by atoms with van der Waals surface area (Å²) < 4.78 is 0. The van der Waals surface area contributed by atoms with Crippen molar-refractivity contribution < 1.29 is 19.8 Å². The van der Waals surface area contributed by atoms with Crippen molar-refractivity contribution in [2.24, 2.45) is 0 Å². The van der Waals surface area contributed by atoms with E-state index in [1.165, 1.54) is 0 Å². The molecular weight excluding hydrogens is 424 g/mol. The van der Waals surface area contributed by atoms with Gasteiger partial charge >= 0.3 is 11.9 Å². The first-order valence-electron chi connectivity index (χ1n) is 10.7. The van der Waals surface area contributed by atoms with E-state index in [0.717, 1.165) is 56.7 Å². The number of hydrogen-bond donors (Lipinski definition) is 2. The molecule has 0 saturated heterocycles. The molecule has 166 valence electrons. The monoisotopic (exact) mass is 446 g/mol. The molecule has 0 unspecified atom stereocenters. The number of aliphatic carboxylic acids is 2. The Hall–Kier alpha value is -4.70. The van der Waals surface area contributed by atoms with Crippen LogP contribution in [-0.2, 0) is 9.59 Å². The SMILES string of the molecule is O=C(O)C=Cc1ccc(-c2ccc(C=CC(=O)O)c(-c3ccccc3)c2)cc1-c1ccccc1. The molecule has 0 aliphatic carbocycles. The van der Waals surface area contributed by atoms with Gasteiger partial charge in [0.1, 0.15) is 0 Å². The number of hydrogen-bond acceptors (Lipinski definition) is 2. The van der Waals surface area contributed by atoms with Crippen molar-refractivity contribution in [2.75, 3.05) is 0 Å². The van der Waals surface area contributed by atoms with Crippen molar-refractivity contribution in [1.82, 2.24) is 0 Å². The fourth-order valence-electron chi connectivity index (χ4n) is 3.82. The molecule has 34 heavy (non-hydrogen) atoms. The summed E-state index contributed by atoms with van der Waals surface area (Å²) in [6.07, 6.45) is 5.48. The molecule has 0 aliphatic rings. The zero-order chi connectivity index (χ0) is 23.9. The Balaban J connectivity index is 1.85. The van der Waals surface area contributed by atoms with Gasteiger partial charge in [0.05, 0.1) is 0 Å². The summed E-state index contributed by atoms with van der Waals surface area (Å²) in [6, 6.07) is 31.5. The van der Waals surface area contributed by atoms with Gasteiger partial charge in [-0.25, -0.2) is 9.59 Å². The van der Waals surface area contributed by atoms with Crippen LogP contribution in [-0.4, -0.2) is 22.2 Å². The Kier molecular flexibility index (Phi) is 6.80. The minimum absolute atomic E-state index is 0.807. The lowest BCUT2D eigenvalue weighted by Crippen LogP contribution is -1.91. The van der Waals surface area contributed by atoms with E-state index in [1.807, 2.05) is 97.1 Å². The lowest BCUT2D eigenvalue weighted by Gasteiger charge is -2.13. The molecule has 0 radical (unpaired) electrons. The maximum absolute atomic E-state index is 11.1. The smallest absolute Gasteiger partial charge is 0.328 e. The van der Waals surface area contributed by atoms with Gasteiger partial charge in [0.2, 0.25) is 0 Å². The van der Waals surface area contributed by atoms with E-state index in [1.54, 1.807) is 12.2 Å². The van der Waals surface area contributed by atoms with Crippen molar-refractivity contribution in [3.05, 3.63) is 120 Å². The molecule has 0 aromatic heterocycles. The van der Waals surface area contributed by atoms with Gasteiger partial charge in [0.15, 0.2) is 0 Å². The Morgan fingerprint density at radius 3 is 1.24 bits per heavy atom. The van der Waals surface area contributed by atoms with Gasteiger partial charge in [-0.1, -0.05) is 84.9 Å². The summed E-state index contributed by atoms with van der Waals surface area (Å²) in [6.45, 7) is 0. The molecular formula is C30H22O4. The summed E-state index contributed by atoms with van der Waals surface area (Å²) in [5.74, 6) is -2.00. The van der Waals surface area contributed by atoms with E-state index in [-0.39, 0.29) is 0 Å². The van der Waals surface area contributed by atoms with Gasteiger partial charge in [-0.3, -0.25) is 0 Å². The minimum Gasteiger partial charge on any atom is -0.478 e. The summed E-state index contributed by atoms with van der Waals surface area (Å²) in [5, 5.41) is 18.2. The van der Waals surface area contributed by atoms with Gasteiger partial charge in [0, 0.05) is 12.2 Å². The first-order chi connectivity index (χ1) is 16.5. The van der Waals surface area contributed by atoms with Crippen LogP contribution in [0.3, 0.4) is 0 Å². The van der Waals surface area contributed by atoms with Crippen LogP contribution in [0, 0.1) is 0 Å². The van der Waals surface area contributed by atoms with Crippen LogP contribution in [0.4, 0.5) is 0 Å². The third kappa shape index (κ3) is 5.37. The standard InChI is InChI=1S/C30H22O4/c31-29(32)17-15-23-11-13-25(19-27(23)21-7-3-1-4-8-21)26-14-12-24(16-18-30(33)34)28(20-26)22-9-5-2-6-10-22/h1-20H,(H,31,32)(H,33,34). The maximum Gasteiger partial charge on any atom is 0.328 e. The molecule has 2 N–H and O–H groups in total. The van der Waals surface area contributed by atoms with Crippen molar-refractivity contribution in [3.8, 4) is 33.4 Å². The summed E-state index contributed by atoms with van der Waals surface area (Å²) in [7, 11) is 0. The number of carbonyl (C=O) groups is 2. The van der Waals surface area contributed by atoms with E-state index in [4.69, 9.17) is 10.2 Å². The van der Waals surface area contributed by atoms with Crippen LogP contribution in [0.15, 0.2) is 109 Å². The zero-order valence-corrected chi connectivity index (χ0v) is 18.3. The van der Waals surface area contributed by atoms with E-state index in [9.17, 15) is 9.59 Å². The number of carboxylic acid groups (broad SMARTS) is 2. The molecule has 4 rings (SSSR count). The third-order valence-electron chi connectivity index (χ3n) is 5.42. The molecule has 0 atom stereocenters. The second kappa shape index (κ2) is 10.3. The zero-order valence-electron chi connectivity index (χ0n) is 18.3. The molecule has 4 heteroatoms. The van der Waals surface area contributed by atoms with E-state index in [0.29, 0.717) is 0 Å². The largest absolute Gasteiger partial charge is 0.478 e. The average Bonchev–Trinajstić information content (AvgIpc) is 2.87. The molecule has 0 amide bonds. The Morgan fingerprint density at radius 2 is 0.882 bits per heavy atom. The highest BCUT2D eigenvalue weighted by Gasteiger charge is 2.10. The maximum atomic E-state index is 11.1. The van der Waals surface area contributed by atoms with E-state index < -0.39 is 11.9 Å². The quantitative estimate of drug-likeness (QED) is 0.303. The van der Waals surface area contributed by atoms with Crippen molar-refractivity contribution in [3.63, 3.8) is 0 Å². The van der Waals surface area contributed by atoms with Crippen LogP contribution in [0.25, 0.3) is 45.5 Å². The Morgan fingerprint density at radius 1 is 0.500 bits per heavy atom. The van der Waals surface area contributed by atoms with Crippen molar-refractivity contribution >= 4 is 24.1 Å². The highest BCUT2D eigenvalue weighted by Crippen LogP contribution is 2.34. The van der Waals surface area contributed by atoms with Gasteiger partial charge < -0.3 is 10.2 Å². The number of carboxylic acids is 2. The molecule has 4 aromatic rings. The summed E-state index contributed by atoms with van der Waals surface area (Å²) >= 11 is 0. The lowest BCUT2D eigenvalue weighted by molar-refractivity contribution is -0.132. The van der Waals surface area contributed by atoms with E-state index >= 15 is 0 Å². The van der Waals surface area contributed by atoms with Crippen LogP contribution in [0.2, 0.25) is 0 Å². The predicted octanol–water partition coefficient (Wildman–Crippen LogP) is 6.88. The molecule has 0 spiro atoms. The lowest BCUT2D eigenvalue weighted by atomic mass is 9.91. The molecule has 0 bridgehead atoms. The summed E-state index contributed by atoms with van der Waals surface area (Å²) in [5.41, 5.74) is 7.37. The fraction of sp³-hybridized carbons (Fsp3) is 0. The van der Waals surface area contributed by atoms with Crippen LogP contribution >= 0.6 is 0 Å². The second-order valence-electron chi connectivity index (χ2n) is 7.68. The van der Waals surface area contributed by atoms with Crippen LogP contribution < -0.4 is 0 Å². The third-order valence-corrected chi connectivity index (χ3v) is 5.42. The van der Waals surface area contributed by atoms with Crippen molar-refractivity contribution in [1.29, 1.82) is 0 Å². The second-order valence-corrected chi connectivity index (χ2v) is 7.68. The minimum atomic E-state index is -0.999. The number of rotatable bonds is 7. The molecule has 0 aliphatic heterocycles. The fourth-order valence-corrected chi connectivity index (χ4v) is 3.82. The predicted molar refractivity (Wildman–Crippen MR) is 136 cm³/mol. The molecule has 4 nitrogen and oxygen atoms in total. The normalized spacial score (nSPS) is 11.2. The van der Waals surface area contributed by atoms with Gasteiger partial charge in [0.25, 0.3) is 0 Å². The Bertz CT molecular complexity index is 1280. The van der Waals surface area contributed by atoms with Gasteiger partial charge in [-0.15, -0.1) is 0 Å². The van der Waals surface area contributed by atoms with Crippen LogP contribution in [0.1, 0.15) is 11.1 Å². The molecule has 4 aromatic carbocycles. The van der Waals surface area contributed by atoms with Gasteiger partial charge in [-0.2, -0.15) is 0 Å². The highest BCUT2D eigenvalue weighted by atomic mass is 16.4. The topological polar surface area (TPSA) is 74.6 Å².